The summed E-state index contributed by atoms with van der Waals surface area (Å²) in [6, 6.07) is 7.59. The Morgan fingerprint density at radius 3 is 2.90 bits per heavy atom. The van der Waals surface area contributed by atoms with Crippen LogP contribution >= 0.6 is 0 Å². The molecule has 1 aliphatic rings. The first kappa shape index (κ1) is 15.8. The van der Waals surface area contributed by atoms with Crippen molar-refractivity contribution >= 4 is 11.6 Å². The van der Waals surface area contributed by atoms with E-state index in [-0.39, 0.29) is 25.1 Å². The van der Waals surface area contributed by atoms with Crippen molar-refractivity contribution in [2.45, 2.75) is 38.3 Å². The molecule has 0 aromatic heterocycles. The number of rotatable bonds is 5. The van der Waals surface area contributed by atoms with E-state index in [1.54, 1.807) is 6.07 Å². The van der Waals surface area contributed by atoms with E-state index in [9.17, 15) is 9.90 Å². The fourth-order valence-electron chi connectivity index (χ4n) is 2.67. The molecule has 2 atom stereocenters. The van der Waals surface area contributed by atoms with E-state index in [4.69, 9.17) is 5.11 Å². The summed E-state index contributed by atoms with van der Waals surface area (Å²) in [4.78, 5) is 14.6. The second kappa shape index (κ2) is 7.43. The minimum Gasteiger partial charge on any atom is -0.394 e. The second-order valence-electron chi connectivity index (χ2n) is 5.61. The summed E-state index contributed by atoms with van der Waals surface area (Å²) in [5, 5.41) is 21.3. The van der Waals surface area contributed by atoms with Gasteiger partial charge in [0.25, 0.3) is 5.91 Å². The topological polar surface area (TPSA) is 72.8 Å². The molecule has 2 unspecified atom stereocenters. The summed E-state index contributed by atoms with van der Waals surface area (Å²) in [5.41, 5.74) is 1.32. The first-order chi connectivity index (χ1) is 10.1. The average Bonchev–Trinajstić information content (AvgIpc) is 2.52. The van der Waals surface area contributed by atoms with Crippen molar-refractivity contribution in [2.75, 3.05) is 25.0 Å². The van der Waals surface area contributed by atoms with E-state index < -0.39 is 6.10 Å². The SMILES string of the molecule is CC1CCCCN1C(=O)c1ccccc1NCC(O)CO. The summed E-state index contributed by atoms with van der Waals surface area (Å²) < 4.78 is 0. The van der Waals surface area contributed by atoms with Crippen LogP contribution in [0.2, 0.25) is 0 Å². The highest BCUT2D eigenvalue weighted by Crippen LogP contribution is 2.23. The molecule has 1 amide bonds. The number of aliphatic hydroxyl groups is 2. The highest BCUT2D eigenvalue weighted by atomic mass is 16.3. The number of benzene rings is 1. The van der Waals surface area contributed by atoms with Gasteiger partial charge in [0.1, 0.15) is 0 Å². The van der Waals surface area contributed by atoms with Gasteiger partial charge in [0.15, 0.2) is 0 Å². The number of para-hydroxylation sites is 1. The van der Waals surface area contributed by atoms with Crippen LogP contribution in [0, 0.1) is 0 Å². The molecule has 1 aromatic rings. The largest absolute Gasteiger partial charge is 0.394 e. The lowest BCUT2D eigenvalue weighted by Crippen LogP contribution is -2.42. The molecular weight excluding hydrogens is 268 g/mol. The molecule has 3 N–H and O–H groups in total. The number of nitrogens with one attached hydrogen (secondary N) is 1. The van der Waals surface area contributed by atoms with E-state index in [1.807, 2.05) is 23.1 Å². The summed E-state index contributed by atoms with van der Waals surface area (Å²) in [6.45, 7) is 2.80. The summed E-state index contributed by atoms with van der Waals surface area (Å²) in [5.74, 6) is 0.0313. The Labute approximate surface area is 125 Å². The van der Waals surface area contributed by atoms with Gasteiger partial charge in [-0.3, -0.25) is 4.79 Å². The number of anilines is 1. The lowest BCUT2D eigenvalue weighted by molar-refractivity contribution is 0.0636. The molecule has 0 spiro atoms. The molecule has 0 radical (unpaired) electrons. The number of likely N-dealkylation sites (tertiary alicyclic amines) is 1. The Morgan fingerprint density at radius 1 is 1.43 bits per heavy atom. The third-order valence-electron chi connectivity index (χ3n) is 3.96. The van der Waals surface area contributed by atoms with Crippen LogP contribution in [0.4, 0.5) is 5.69 Å². The predicted molar refractivity (Wildman–Crippen MR) is 82.4 cm³/mol. The van der Waals surface area contributed by atoms with Crippen molar-refractivity contribution < 1.29 is 15.0 Å². The van der Waals surface area contributed by atoms with E-state index in [0.717, 1.165) is 19.4 Å². The van der Waals surface area contributed by atoms with Gasteiger partial charge in [-0.05, 0) is 38.3 Å². The Hall–Kier alpha value is -1.59. The van der Waals surface area contributed by atoms with Gasteiger partial charge < -0.3 is 20.4 Å². The van der Waals surface area contributed by atoms with Crippen molar-refractivity contribution in [3.63, 3.8) is 0 Å². The number of hydrogen-bond acceptors (Lipinski definition) is 4. The van der Waals surface area contributed by atoms with E-state index in [2.05, 4.69) is 12.2 Å². The van der Waals surface area contributed by atoms with Gasteiger partial charge in [0, 0.05) is 24.8 Å². The van der Waals surface area contributed by atoms with Crippen LogP contribution in [0.15, 0.2) is 24.3 Å². The Balaban J connectivity index is 2.12. The predicted octanol–water partition coefficient (Wildman–Crippen LogP) is 1.47. The molecule has 5 nitrogen and oxygen atoms in total. The van der Waals surface area contributed by atoms with Crippen molar-refractivity contribution in [1.82, 2.24) is 4.90 Å². The van der Waals surface area contributed by atoms with Crippen LogP contribution in [0.5, 0.6) is 0 Å². The highest BCUT2D eigenvalue weighted by Gasteiger charge is 2.25. The summed E-state index contributed by atoms with van der Waals surface area (Å²) in [6.07, 6.45) is 2.44. The molecule has 1 heterocycles. The van der Waals surface area contributed by atoms with Gasteiger partial charge >= 0.3 is 0 Å². The molecular formula is C16H24N2O3. The summed E-state index contributed by atoms with van der Waals surface area (Å²) in [7, 11) is 0. The van der Waals surface area contributed by atoms with Crippen LogP contribution in [0.1, 0.15) is 36.5 Å². The lowest BCUT2D eigenvalue weighted by atomic mass is 10.0. The van der Waals surface area contributed by atoms with Gasteiger partial charge in [0.2, 0.25) is 0 Å². The van der Waals surface area contributed by atoms with Crippen LogP contribution in [-0.2, 0) is 0 Å². The molecule has 0 bridgehead atoms. The fourth-order valence-corrected chi connectivity index (χ4v) is 2.67. The van der Waals surface area contributed by atoms with Crippen LogP contribution in [0.3, 0.4) is 0 Å². The third-order valence-corrected chi connectivity index (χ3v) is 3.96. The zero-order valence-corrected chi connectivity index (χ0v) is 12.5. The monoisotopic (exact) mass is 292 g/mol. The smallest absolute Gasteiger partial charge is 0.256 e. The molecule has 0 saturated carbocycles. The molecule has 5 heteroatoms. The molecule has 1 aromatic carbocycles. The first-order valence-electron chi connectivity index (χ1n) is 7.56. The summed E-state index contributed by atoms with van der Waals surface area (Å²) >= 11 is 0. The second-order valence-corrected chi connectivity index (χ2v) is 5.61. The van der Waals surface area contributed by atoms with E-state index in [1.165, 1.54) is 6.42 Å². The van der Waals surface area contributed by atoms with Gasteiger partial charge in [0.05, 0.1) is 18.3 Å². The third kappa shape index (κ3) is 3.95. The number of carbonyl (C=O) groups is 1. The van der Waals surface area contributed by atoms with Crippen LogP contribution in [0.25, 0.3) is 0 Å². The molecule has 1 saturated heterocycles. The number of amides is 1. The Kier molecular flexibility index (Phi) is 5.59. The zero-order chi connectivity index (χ0) is 15.2. The van der Waals surface area contributed by atoms with Crippen LogP contribution in [-0.4, -0.2) is 52.9 Å². The van der Waals surface area contributed by atoms with Gasteiger partial charge in [-0.25, -0.2) is 0 Å². The number of aliphatic hydroxyl groups excluding tert-OH is 2. The molecule has 21 heavy (non-hydrogen) atoms. The van der Waals surface area contributed by atoms with Gasteiger partial charge in [-0.1, -0.05) is 12.1 Å². The Morgan fingerprint density at radius 2 is 2.19 bits per heavy atom. The Bertz CT molecular complexity index is 478. The standard InChI is InChI=1S/C16H24N2O3/c1-12-6-4-5-9-18(12)16(21)14-7-2-3-8-15(14)17-10-13(20)11-19/h2-3,7-8,12-13,17,19-20H,4-6,9-11H2,1H3. The normalized spacial score (nSPS) is 20.1. The van der Waals surface area contributed by atoms with Gasteiger partial charge in [-0.15, -0.1) is 0 Å². The molecule has 116 valence electrons. The highest BCUT2D eigenvalue weighted by molar-refractivity contribution is 5.99. The minimum atomic E-state index is -0.831. The van der Waals surface area contributed by atoms with Crippen LogP contribution < -0.4 is 5.32 Å². The number of nitrogens with zero attached hydrogens (tertiary/aromatic N) is 1. The maximum atomic E-state index is 12.7. The van der Waals surface area contributed by atoms with Gasteiger partial charge in [-0.2, -0.15) is 0 Å². The first-order valence-corrected chi connectivity index (χ1v) is 7.56. The quantitative estimate of drug-likeness (QED) is 0.768. The maximum absolute atomic E-state index is 12.7. The van der Waals surface area contributed by atoms with Crippen molar-refractivity contribution in [1.29, 1.82) is 0 Å². The fraction of sp³-hybridized carbons (Fsp3) is 0.562. The number of piperidine rings is 1. The lowest BCUT2D eigenvalue weighted by Gasteiger charge is -2.34. The number of carbonyl (C=O) groups excluding carboxylic acids is 1. The van der Waals surface area contributed by atoms with Crippen molar-refractivity contribution in [2.24, 2.45) is 0 Å². The van der Waals surface area contributed by atoms with E-state index in [0.29, 0.717) is 11.3 Å². The number of hydrogen-bond donors (Lipinski definition) is 3. The average molecular weight is 292 g/mol. The maximum Gasteiger partial charge on any atom is 0.256 e. The molecule has 1 aliphatic heterocycles. The zero-order valence-electron chi connectivity index (χ0n) is 12.5. The molecule has 0 aliphatic carbocycles. The molecule has 1 fully saturated rings. The molecule has 2 rings (SSSR count). The van der Waals surface area contributed by atoms with E-state index >= 15 is 0 Å². The van der Waals surface area contributed by atoms with Crippen molar-refractivity contribution in [3.8, 4) is 0 Å². The minimum absolute atomic E-state index is 0.0313. The van der Waals surface area contributed by atoms with Crippen molar-refractivity contribution in [3.05, 3.63) is 29.8 Å².